The van der Waals surface area contributed by atoms with Crippen LogP contribution in [0.4, 0.5) is 4.39 Å². The first-order valence-electron chi connectivity index (χ1n) is 10.4. The Morgan fingerprint density at radius 1 is 1.16 bits per heavy atom. The Bertz CT molecular complexity index is 879. The van der Waals surface area contributed by atoms with Gasteiger partial charge in [0.1, 0.15) is 17.6 Å². The van der Waals surface area contributed by atoms with Crippen LogP contribution in [-0.2, 0) is 16.1 Å². The number of nitrogens with one attached hydrogen (secondary N) is 1. The zero-order valence-electron chi connectivity index (χ0n) is 18.5. The van der Waals surface area contributed by atoms with Crippen LogP contribution < -0.4 is 10.1 Å². The molecular weight excluding hydrogens is 419 g/mol. The molecule has 0 aliphatic heterocycles. The fourth-order valence-electron chi connectivity index (χ4n) is 3.12. The molecule has 0 aliphatic rings. The summed E-state index contributed by atoms with van der Waals surface area (Å²) in [5, 5.41) is 3.52. The lowest BCUT2D eigenvalue weighted by molar-refractivity contribution is -0.142. The van der Waals surface area contributed by atoms with Crippen molar-refractivity contribution < 1.29 is 18.7 Å². The lowest BCUT2D eigenvalue weighted by Crippen LogP contribution is -2.49. The van der Waals surface area contributed by atoms with Gasteiger partial charge in [0.15, 0.2) is 6.61 Å². The van der Waals surface area contributed by atoms with Crippen LogP contribution in [0.2, 0.25) is 5.02 Å². The molecule has 0 fully saturated rings. The molecule has 1 N–H and O–H groups in total. The summed E-state index contributed by atoms with van der Waals surface area (Å²) < 4.78 is 19.0. The number of carbonyl (C=O) groups excluding carboxylic acids is 2. The van der Waals surface area contributed by atoms with Crippen molar-refractivity contribution in [2.75, 3.05) is 13.2 Å². The highest BCUT2D eigenvalue weighted by Gasteiger charge is 2.26. The van der Waals surface area contributed by atoms with Crippen LogP contribution in [-0.4, -0.2) is 35.9 Å². The van der Waals surface area contributed by atoms with E-state index < -0.39 is 6.04 Å². The van der Waals surface area contributed by atoms with Gasteiger partial charge in [-0.2, -0.15) is 0 Å². The number of hydrogen-bond acceptors (Lipinski definition) is 3. The Kier molecular flexibility index (Phi) is 9.31. The fourth-order valence-corrected chi connectivity index (χ4v) is 3.23. The molecule has 168 valence electrons. The molecule has 2 rings (SSSR count). The molecule has 0 aliphatic carbocycles. The van der Waals surface area contributed by atoms with Crippen LogP contribution in [0, 0.1) is 19.7 Å². The van der Waals surface area contributed by atoms with E-state index in [-0.39, 0.29) is 30.8 Å². The predicted molar refractivity (Wildman–Crippen MR) is 121 cm³/mol. The van der Waals surface area contributed by atoms with Crippen LogP contribution in [0.5, 0.6) is 5.75 Å². The lowest BCUT2D eigenvalue weighted by Gasteiger charge is -2.29. The van der Waals surface area contributed by atoms with E-state index in [1.54, 1.807) is 31.2 Å². The van der Waals surface area contributed by atoms with Gasteiger partial charge in [-0.05, 0) is 68.1 Å². The quantitative estimate of drug-likeness (QED) is 0.531. The number of amides is 2. The molecule has 0 unspecified atom stereocenters. The minimum Gasteiger partial charge on any atom is -0.484 e. The second-order valence-electron chi connectivity index (χ2n) is 7.63. The van der Waals surface area contributed by atoms with Crippen molar-refractivity contribution in [3.8, 4) is 5.75 Å². The van der Waals surface area contributed by atoms with Gasteiger partial charge in [0, 0.05) is 18.1 Å². The number of benzene rings is 2. The summed E-state index contributed by atoms with van der Waals surface area (Å²) in [4.78, 5) is 27.1. The number of ether oxygens (including phenoxy) is 1. The standard InChI is InChI=1S/C24H30ClFN2O3/c1-5-6-11-27-24(30)18(4)28(14-19-7-9-20(26)10-8-19)22(29)15-31-21-12-16(2)23(25)17(3)13-21/h7-10,12-13,18H,5-6,11,14-15H2,1-4H3,(H,27,30)/t18-/m1/s1. The van der Waals surface area contributed by atoms with E-state index in [9.17, 15) is 14.0 Å². The number of carbonyl (C=O) groups is 2. The average Bonchev–Trinajstić information content (AvgIpc) is 2.74. The first-order chi connectivity index (χ1) is 14.7. The van der Waals surface area contributed by atoms with Gasteiger partial charge in [0.2, 0.25) is 5.91 Å². The number of aryl methyl sites for hydroxylation is 2. The van der Waals surface area contributed by atoms with Gasteiger partial charge >= 0.3 is 0 Å². The maximum absolute atomic E-state index is 13.3. The van der Waals surface area contributed by atoms with Crippen molar-refractivity contribution in [2.24, 2.45) is 0 Å². The molecule has 0 bridgehead atoms. The van der Waals surface area contributed by atoms with E-state index in [0.717, 1.165) is 29.5 Å². The molecule has 0 heterocycles. The summed E-state index contributed by atoms with van der Waals surface area (Å²) in [5.74, 6) is -0.395. The minimum absolute atomic E-state index is 0.170. The van der Waals surface area contributed by atoms with Crippen molar-refractivity contribution >= 4 is 23.4 Å². The molecule has 0 radical (unpaired) electrons. The van der Waals surface area contributed by atoms with Crippen LogP contribution in [0.25, 0.3) is 0 Å². The summed E-state index contributed by atoms with van der Waals surface area (Å²) in [6.07, 6.45) is 1.82. The van der Waals surface area contributed by atoms with E-state index in [0.29, 0.717) is 17.3 Å². The highest BCUT2D eigenvalue weighted by Crippen LogP contribution is 2.26. The zero-order valence-corrected chi connectivity index (χ0v) is 19.3. The number of unbranched alkanes of at least 4 members (excludes halogenated alkanes) is 1. The number of hydrogen-bond donors (Lipinski definition) is 1. The number of nitrogens with zero attached hydrogens (tertiary/aromatic N) is 1. The highest BCUT2D eigenvalue weighted by atomic mass is 35.5. The average molecular weight is 449 g/mol. The molecule has 2 aromatic carbocycles. The molecule has 5 nitrogen and oxygen atoms in total. The first-order valence-corrected chi connectivity index (χ1v) is 10.8. The third kappa shape index (κ3) is 7.24. The Balaban J connectivity index is 2.14. The molecule has 7 heteroatoms. The van der Waals surface area contributed by atoms with E-state index in [1.165, 1.54) is 17.0 Å². The van der Waals surface area contributed by atoms with Crippen molar-refractivity contribution in [3.05, 3.63) is 63.9 Å². The summed E-state index contributed by atoms with van der Waals surface area (Å²) in [6.45, 7) is 7.95. The van der Waals surface area contributed by atoms with Crippen molar-refractivity contribution in [1.29, 1.82) is 0 Å². The summed E-state index contributed by atoms with van der Waals surface area (Å²) in [5.41, 5.74) is 2.44. The van der Waals surface area contributed by atoms with Gasteiger partial charge in [0.05, 0.1) is 0 Å². The Hall–Kier alpha value is -2.60. The molecule has 31 heavy (non-hydrogen) atoms. The first kappa shape index (κ1) is 24.7. The van der Waals surface area contributed by atoms with Crippen LogP contribution in [0.1, 0.15) is 43.4 Å². The van der Waals surface area contributed by atoms with E-state index in [4.69, 9.17) is 16.3 Å². The van der Waals surface area contributed by atoms with E-state index >= 15 is 0 Å². The molecule has 0 saturated carbocycles. The topological polar surface area (TPSA) is 58.6 Å². The van der Waals surface area contributed by atoms with E-state index in [2.05, 4.69) is 5.32 Å². The molecular formula is C24H30ClFN2O3. The van der Waals surface area contributed by atoms with Gasteiger partial charge in [-0.1, -0.05) is 37.1 Å². The van der Waals surface area contributed by atoms with Gasteiger partial charge in [-0.25, -0.2) is 4.39 Å². The molecule has 1 atom stereocenters. The molecule has 0 spiro atoms. The Morgan fingerprint density at radius 2 is 1.77 bits per heavy atom. The number of rotatable bonds is 10. The van der Waals surface area contributed by atoms with Crippen molar-refractivity contribution in [3.63, 3.8) is 0 Å². The van der Waals surface area contributed by atoms with Gasteiger partial charge in [-0.3, -0.25) is 9.59 Å². The third-order valence-electron chi connectivity index (χ3n) is 5.04. The Labute approximate surface area is 188 Å². The normalized spacial score (nSPS) is 11.7. The summed E-state index contributed by atoms with van der Waals surface area (Å²) >= 11 is 6.19. The molecule has 0 saturated heterocycles. The Morgan fingerprint density at radius 3 is 2.35 bits per heavy atom. The maximum Gasteiger partial charge on any atom is 0.261 e. The second kappa shape index (κ2) is 11.7. The number of halogens is 2. The monoisotopic (exact) mass is 448 g/mol. The minimum atomic E-state index is -0.702. The van der Waals surface area contributed by atoms with Crippen molar-refractivity contribution in [2.45, 2.75) is 53.1 Å². The largest absolute Gasteiger partial charge is 0.484 e. The maximum atomic E-state index is 13.3. The second-order valence-corrected chi connectivity index (χ2v) is 8.01. The van der Waals surface area contributed by atoms with E-state index in [1.807, 2.05) is 20.8 Å². The van der Waals surface area contributed by atoms with Crippen molar-refractivity contribution in [1.82, 2.24) is 10.2 Å². The zero-order chi connectivity index (χ0) is 23.0. The van der Waals surface area contributed by atoms with Crippen LogP contribution in [0.15, 0.2) is 36.4 Å². The lowest BCUT2D eigenvalue weighted by atomic mass is 10.1. The summed E-state index contributed by atoms with van der Waals surface area (Å²) in [6, 6.07) is 8.71. The smallest absolute Gasteiger partial charge is 0.261 e. The SMILES string of the molecule is CCCCNC(=O)[C@@H](C)N(Cc1ccc(F)cc1)C(=O)COc1cc(C)c(Cl)c(C)c1. The van der Waals surface area contributed by atoms with Gasteiger partial charge in [-0.15, -0.1) is 0 Å². The molecule has 2 amide bonds. The predicted octanol–water partition coefficient (Wildman–Crippen LogP) is 4.81. The highest BCUT2D eigenvalue weighted by molar-refractivity contribution is 6.32. The summed E-state index contributed by atoms with van der Waals surface area (Å²) in [7, 11) is 0. The van der Waals surface area contributed by atoms with Crippen LogP contribution in [0.3, 0.4) is 0 Å². The molecule has 2 aromatic rings. The van der Waals surface area contributed by atoms with Gasteiger partial charge < -0.3 is 15.0 Å². The molecule has 0 aromatic heterocycles. The van der Waals surface area contributed by atoms with Crippen LogP contribution >= 0.6 is 11.6 Å². The van der Waals surface area contributed by atoms with Gasteiger partial charge in [0.25, 0.3) is 5.91 Å². The third-order valence-corrected chi connectivity index (χ3v) is 5.63. The fraction of sp³-hybridized carbons (Fsp3) is 0.417.